The van der Waals surface area contributed by atoms with Gasteiger partial charge in [0.1, 0.15) is 0 Å². The molecule has 8 atom stereocenters. The third kappa shape index (κ3) is 1.84. The molecule has 0 spiro atoms. The largest absolute Gasteiger partial charge is 0.390 e. The van der Waals surface area contributed by atoms with Gasteiger partial charge in [0, 0.05) is 0 Å². The summed E-state index contributed by atoms with van der Waals surface area (Å²) in [6.07, 6.45) is 10.8. The molecule has 4 rings (SSSR count). The number of aliphatic hydroxyl groups excluding tert-OH is 2. The van der Waals surface area contributed by atoms with Gasteiger partial charge in [-0.25, -0.2) is 0 Å². The van der Waals surface area contributed by atoms with Crippen LogP contribution in [0.5, 0.6) is 0 Å². The van der Waals surface area contributed by atoms with E-state index < -0.39 is 12.2 Å². The number of aliphatic hydroxyl groups is 2. The molecule has 0 amide bonds. The van der Waals surface area contributed by atoms with Gasteiger partial charge in [0.25, 0.3) is 0 Å². The Morgan fingerprint density at radius 2 is 1.62 bits per heavy atom. The molecule has 0 aromatic carbocycles. The molecule has 4 fully saturated rings. The van der Waals surface area contributed by atoms with Gasteiger partial charge in [-0.3, -0.25) is 0 Å². The van der Waals surface area contributed by atoms with E-state index in [2.05, 4.69) is 13.8 Å². The lowest BCUT2D eigenvalue weighted by Crippen LogP contribution is -2.53. The molecule has 0 radical (unpaired) electrons. The fraction of sp³-hybridized carbons (Fsp3) is 1.00. The summed E-state index contributed by atoms with van der Waals surface area (Å²) < 4.78 is 0. The van der Waals surface area contributed by atoms with Crippen molar-refractivity contribution >= 4 is 0 Å². The third-order valence-electron chi connectivity index (χ3n) is 8.56. The molecule has 4 aliphatic rings. The molecule has 0 unspecified atom stereocenters. The average molecular weight is 292 g/mol. The molecule has 0 heterocycles. The summed E-state index contributed by atoms with van der Waals surface area (Å²) >= 11 is 0. The number of hydrogen-bond acceptors (Lipinski definition) is 2. The molecule has 2 heteroatoms. The van der Waals surface area contributed by atoms with Crippen molar-refractivity contribution in [3.05, 3.63) is 0 Å². The van der Waals surface area contributed by atoms with E-state index in [1.165, 1.54) is 44.9 Å². The smallest absolute Gasteiger partial charge is 0.0855 e. The first kappa shape index (κ1) is 14.5. The van der Waals surface area contributed by atoms with Gasteiger partial charge >= 0.3 is 0 Å². The van der Waals surface area contributed by atoms with Gasteiger partial charge in [0.15, 0.2) is 0 Å². The lowest BCUT2D eigenvalue weighted by molar-refractivity contribution is -0.123. The molecule has 0 aliphatic heterocycles. The monoisotopic (exact) mass is 292 g/mol. The lowest BCUT2D eigenvalue weighted by Gasteiger charge is -2.60. The predicted molar refractivity (Wildman–Crippen MR) is 83.7 cm³/mol. The lowest BCUT2D eigenvalue weighted by atomic mass is 9.45. The van der Waals surface area contributed by atoms with Crippen LogP contribution in [0.25, 0.3) is 0 Å². The van der Waals surface area contributed by atoms with Crippen molar-refractivity contribution in [3.8, 4) is 0 Å². The maximum absolute atomic E-state index is 10.5. The second kappa shape index (κ2) is 4.71. The molecule has 4 aliphatic carbocycles. The summed E-state index contributed by atoms with van der Waals surface area (Å²) in [4.78, 5) is 0. The zero-order valence-electron chi connectivity index (χ0n) is 13.7. The minimum Gasteiger partial charge on any atom is -0.390 e. The molecular weight excluding hydrogens is 260 g/mol. The first-order valence-corrected chi connectivity index (χ1v) is 9.33. The molecule has 2 nitrogen and oxygen atoms in total. The van der Waals surface area contributed by atoms with Gasteiger partial charge in [-0.05, 0) is 79.4 Å². The summed E-state index contributed by atoms with van der Waals surface area (Å²) in [5, 5.41) is 20.7. The van der Waals surface area contributed by atoms with Crippen LogP contribution in [-0.2, 0) is 0 Å². The van der Waals surface area contributed by atoms with Crippen LogP contribution in [0.15, 0.2) is 0 Å². The molecular formula is C19H32O2. The van der Waals surface area contributed by atoms with Crippen molar-refractivity contribution in [1.29, 1.82) is 0 Å². The molecule has 4 saturated carbocycles. The fourth-order valence-electron chi connectivity index (χ4n) is 7.28. The molecule has 0 aromatic heterocycles. The van der Waals surface area contributed by atoms with Gasteiger partial charge in [-0.1, -0.05) is 26.7 Å². The van der Waals surface area contributed by atoms with Gasteiger partial charge in [-0.2, -0.15) is 0 Å². The second-order valence-electron chi connectivity index (χ2n) is 9.20. The van der Waals surface area contributed by atoms with Gasteiger partial charge in [-0.15, -0.1) is 0 Å². The maximum Gasteiger partial charge on any atom is 0.0855 e. The minimum atomic E-state index is -0.486. The third-order valence-corrected chi connectivity index (χ3v) is 8.56. The van der Waals surface area contributed by atoms with E-state index >= 15 is 0 Å². The van der Waals surface area contributed by atoms with Crippen LogP contribution < -0.4 is 0 Å². The van der Waals surface area contributed by atoms with Gasteiger partial charge < -0.3 is 10.2 Å². The highest BCUT2D eigenvalue weighted by molar-refractivity contribution is 5.10. The minimum absolute atomic E-state index is 0.0154. The molecule has 0 aromatic rings. The van der Waals surface area contributed by atoms with Crippen molar-refractivity contribution in [2.24, 2.45) is 34.5 Å². The van der Waals surface area contributed by atoms with Crippen LogP contribution >= 0.6 is 0 Å². The highest BCUT2D eigenvalue weighted by Gasteiger charge is 2.61. The predicted octanol–water partition coefficient (Wildman–Crippen LogP) is 3.75. The zero-order chi connectivity index (χ0) is 14.8. The van der Waals surface area contributed by atoms with Crippen molar-refractivity contribution < 1.29 is 10.2 Å². The first-order valence-electron chi connectivity index (χ1n) is 9.33. The maximum atomic E-state index is 10.5. The zero-order valence-corrected chi connectivity index (χ0v) is 13.7. The number of hydrogen-bond donors (Lipinski definition) is 2. The SMILES string of the molecule is C[C@]12CCCC[C@@H]1CC[C@H]1[C@H]2CC[C@]2(C)[C@H](O)[C@H](O)C[C@@H]12. The van der Waals surface area contributed by atoms with E-state index in [0.29, 0.717) is 11.3 Å². The summed E-state index contributed by atoms with van der Waals surface area (Å²) in [6, 6.07) is 0. The Morgan fingerprint density at radius 1 is 0.810 bits per heavy atom. The summed E-state index contributed by atoms with van der Waals surface area (Å²) in [5.74, 6) is 3.12. The van der Waals surface area contributed by atoms with Crippen molar-refractivity contribution in [3.63, 3.8) is 0 Å². The Kier molecular flexibility index (Phi) is 3.25. The average Bonchev–Trinajstić information content (AvgIpc) is 2.70. The summed E-state index contributed by atoms with van der Waals surface area (Å²) in [7, 11) is 0. The van der Waals surface area contributed by atoms with E-state index in [0.717, 1.165) is 30.6 Å². The van der Waals surface area contributed by atoms with E-state index in [1.54, 1.807) is 0 Å². The first-order chi connectivity index (χ1) is 9.97. The Morgan fingerprint density at radius 3 is 2.43 bits per heavy atom. The quantitative estimate of drug-likeness (QED) is 0.714. The Balaban J connectivity index is 1.65. The normalized spacial score (nSPS) is 60.0. The number of rotatable bonds is 0. The second-order valence-corrected chi connectivity index (χ2v) is 9.20. The van der Waals surface area contributed by atoms with Crippen LogP contribution in [0, 0.1) is 34.5 Å². The standard InChI is InChI=1S/C19H32O2/c1-18-9-4-3-5-12(18)6-7-13-14(18)8-10-19(2)15(13)11-16(20)17(19)21/h12-17,20-21H,3-11H2,1-2H3/t12-,13+,14-,15+,16-,17-,18+,19+/m1/s1. The molecule has 120 valence electrons. The molecule has 0 bridgehead atoms. The van der Waals surface area contributed by atoms with Crippen LogP contribution in [0.3, 0.4) is 0 Å². The molecule has 2 N–H and O–H groups in total. The highest BCUT2D eigenvalue weighted by Crippen LogP contribution is 2.66. The Labute approximate surface area is 129 Å². The molecule has 21 heavy (non-hydrogen) atoms. The fourth-order valence-corrected chi connectivity index (χ4v) is 7.28. The summed E-state index contributed by atoms with van der Waals surface area (Å²) in [6.45, 7) is 4.84. The van der Waals surface area contributed by atoms with Crippen molar-refractivity contribution in [2.45, 2.75) is 83.8 Å². The Hall–Kier alpha value is -0.0800. The molecule has 0 saturated heterocycles. The van der Waals surface area contributed by atoms with Crippen LogP contribution in [0.4, 0.5) is 0 Å². The van der Waals surface area contributed by atoms with Gasteiger partial charge in [0.2, 0.25) is 0 Å². The van der Waals surface area contributed by atoms with E-state index in [4.69, 9.17) is 0 Å². The highest BCUT2D eigenvalue weighted by atomic mass is 16.3. The summed E-state index contributed by atoms with van der Waals surface area (Å²) in [5.41, 5.74) is 0.541. The van der Waals surface area contributed by atoms with E-state index in [9.17, 15) is 10.2 Å². The number of fused-ring (bicyclic) bond motifs is 5. The van der Waals surface area contributed by atoms with Crippen LogP contribution in [0.2, 0.25) is 0 Å². The van der Waals surface area contributed by atoms with Crippen LogP contribution in [0.1, 0.15) is 71.6 Å². The van der Waals surface area contributed by atoms with Crippen LogP contribution in [-0.4, -0.2) is 22.4 Å². The van der Waals surface area contributed by atoms with Gasteiger partial charge in [0.05, 0.1) is 12.2 Å². The Bertz CT molecular complexity index is 422. The van der Waals surface area contributed by atoms with Crippen molar-refractivity contribution in [1.82, 2.24) is 0 Å². The topological polar surface area (TPSA) is 40.5 Å². The van der Waals surface area contributed by atoms with Crippen molar-refractivity contribution in [2.75, 3.05) is 0 Å². The van der Waals surface area contributed by atoms with E-state index in [-0.39, 0.29) is 5.41 Å². The van der Waals surface area contributed by atoms with E-state index in [1.807, 2.05) is 0 Å².